The van der Waals surface area contributed by atoms with Crippen molar-refractivity contribution in [3.63, 3.8) is 0 Å². The predicted molar refractivity (Wildman–Crippen MR) is 197 cm³/mol. The Morgan fingerprint density at radius 2 is 1.47 bits per heavy atom. The first-order chi connectivity index (χ1) is 21.8. The number of aliphatic carboxylic acids is 2. The van der Waals surface area contributed by atoms with E-state index < -0.39 is 88.8 Å². The monoisotopic (exact) mass is 923 g/mol. The molecule has 13 nitrogen and oxygen atoms in total. The first-order valence-electron chi connectivity index (χ1n) is 13.6. The van der Waals surface area contributed by atoms with Crippen molar-refractivity contribution in [2.24, 2.45) is 5.73 Å². The van der Waals surface area contributed by atoms with Crippen LogP contribution in [0, 0.1) is 0 Å². The van der Waals surface area contributed by atoms with E-state index >= 15 is 0 Å². The number of carbonyl (C=O) groups is 7. The summed E-state index contributed by atoms with van der Waals surface area (Å²) in [5.74, 6) is -3.94. The molecule has 0 heterocycles. The molecule has 0 aliphatic heterocycles. The van der Waals surface area contributed by atoms with Gasteiger partial charge in [0.15, 0.2) is 0 Å². The molecule has 1 rings (SSSR count). The van der Waals surface area contributed by atoms with Crippen LogP contribution in [0.1, 0.15) is 36.0 Å². The fourth-order valence-corrected chi connectivity index (χ4v) is 14.4. The van der Waals surface area contributed by atoms with Gasteiger partial charge in [-0.3, -0.25) is 0 Å². The zero-order valence-corrected chi connectivity index (χ0v) is 36.0. The predicted octanol–water partition coefficient (Wildman–Crippen LogP) is 3.31. The van der Waals surface area contributed by atoms with Gasteiger partial charge in [-0.25, -0.2) is 0 Å². The Hall–Kier alpha value is -1.05. The second-order valence-corrected chi connectivity index (χ2v) is 37.6. The van der Waals surface area contributed by atoms with E-state index in [0.717, 1.165) is 4.90 Å². The minimum atomic E-state index is -1.20. The van der Waals surface area contributed by atoms with Gasteiger partial charge in [0.2, 0.25) is 0 Å². The summed E-state index contributed by atoms with van der Waals surface area (Å²) in [5.41, 5.74) is 18.4. The van der Waals surface area contributed by atoms with Gasteiger partial charge in [0.05, 0.1) is 0 Å². The molecule has 47 heavy (non-hydrogen) atoms. The van der Waals surface area contributed by atoms with Gasteiger partial charge in [-0.05, 0) is 0 Å². The summed E-state index contributed by atoms with van der Waals surface area (Å²) in [6.07, 6.45) is 0.453. The number of amides is 2. The van der Waals surface area contributed by atoms with Gasteiger partial charge >= 0.3 is 307 Å². The summed E-state index contributed by atoms with van der Waals surface area (Å²) < 4.78 is 0. The molecule has 0 aromatic heterocycles. The van der Waals surface area contributed by atoms with Crippen molar-refractivity contribution in [2.75, 3.05) is 12.3 Å². The molecule has 266 valence electrons. The summed E-state index contributed by atoms with van der Waals surface area (Å²) in [5, 5.41) is 30.8. The van der Waals surface area contributed by atoms with Crippen molar-refractivity contribution in [3.05, 3.63) is 29.8 Å². The third-order valence-corrected chi connectivity index (χ3v) is 19.0. The second-order valence-electron chi connectivity index (χ2n) is 9.70. The van der Waals surface area contributed by atoms with Crippen LogP contribution in [0.4, 0.5) is 0 Å². The van der Waals surface area contributed by atoms with Gasteiger partial charge in [-0.15, -0.1) is 0 Å². The molecule has 0 aliphatic carbocycles. The summed E-state index contributed by atoms with van der Waals surface area (Å²) in [7, 11) is 4.71. The minimum absolute atomic E-state index is 0.0445. The van der Waals surface area contributed by atoms with Gasteiger partial charge in [0.25, 0.3) is 0 Å². The first kappa shape index (κ1) is 48.1. The molecule has 2 amide bonds. The van der Waals surface area contributed by atoms with Gasteiger partial charge in [-0.2, -0.15) is 0 Å². The standard InChI is InChI=1S/C12H22AsN3O6S.C9H11AsO2S.C6H11AsO2S2/c1-13(2)23-6-8(11(20)15-5-10(18)19)16-9(17)4-3-7(14)12(21)22;1-10(2)13-8-6-4-3-5-7(8)9(11)12;1-7(2)11-6(9)4-3-5(8)10/h7-8H,3-6,14H2,1-2H3,(H,15,20)(H,16,17)(H,18,19)(H,21,22);3-6H,1-2H3,(H,11,12);3-4H2,1-2H3,(H,8,10). The van der Waals surface area contributed by atoms with E-state index in [9.17, 15) is 33.6 Å². The van der Waals surface area contributed by atoms with Crippen molar-refractivity contribution in [2.45, 2.75) is 76.9 Å². The summed E-state index contributed by atoms with van der Waals surface area (Å²) in [4.78, 5) is 77.9. The Kier molecular flexibility index (Phi) is 28.4. The average Bonchev–Trinajstić information content (AvgIpc) is 2.95. The number of benzene rings is 1. The summed E-state index contributed by atoms with van der Waals surface area (Å²) in [6, 6.07) is 5.18. The summed E-state index contributed by atoms with van der Waals surface area (Å²) >= 11 is 0.692. The number of rotatable bonds is 18. The third-order valence-electron chi connectivity index (χ3n) is 4.79. The van der Waals surface area contributed by atoms with Gasteiger partial charge in [-0.1, -0.05) is 0 Å². The molecule has 1 aromatic carbocycles. The fourth-order valence-electron chi connectivity index (χ4n) is 2.75. The van der Waals surface area contributed by atoms with Gasteiger partial charge in [0.1, 0.15) is 0 Å². The number of carbonyl (C=O) groups excluding carboxylic acids is 4. The summed E-state index contributed by atoms with van der Waals surface area (Å²) in [6.45, 7) is -0.528. The van der Waals surface area contributed by atoms with Crippen LogP contribution in [-0.2, 0) is 28.8 Å². The van der Waals surface area contributed by atoms with Crippen molar-refractivity contribution in [1.29, 1.82) is 0 Å². The molecule has 2 unspecified atom stereocenters. The molecule has 0 radical (unpaired) electrons. The number of hydrogen-bond acceptors (Lipinski definition) is 11. The van der Waals surface area contributed by atoms with E-state index in [2.05, 4.69) is 57.5 Å². The number of hydrogen-bond donors (Lipinski definition) is 7. The van der Waals surface area contributed by atoms with E-state index in [4.69, 9.17) is 21.1 Å². The SMILES string of the molecule is C[As](C)SC(=O)CCC(=O)S.C[As](C)SCC(NC(=O)CCC(N)C(=O)O)C(=O)NCC(=O)O.C[As](C)Sc1ccccc1C(=O)O. The number of nitrogens with one attached hydrogen (secondary N) is 2. The Morgan fingerprint density at radius 1 is 0.872 bits per heavy atom. The zero-order chi connectivity index (χ0) is 36.7. The van der Waals surface area contributed by atoms with Gasteiger partial charge in [0, 0.05) is 0 Å². The molecule has 2 atom stereocenters. The van der Waals surface area contributed by atoms with E-state index in [1.54, 1.807) is 32.2 Å². The molecule has 0 bridgehead atoms. The molecule has 0 saturated carbocycles. The maximum atomic E-state index is 11.9. The van der Waals surface area contributed by atoms with E-state index in [1.165, 1.54) is 10.0 Å². The van der Waals surface area contributed by atoms with Crippen molar-refractivity contribution in [3.8, 4) is 0 Å². The zero-order valence-electron chi connectivity index (χ0n) is 27.0. The second kappa shape index (κ2) is 27.7. The number of aromatic carboxylic acids is 1. The average molecular weight is 924 g/mol. The van der Waals surface area contributed by atoms with E-state index in [0.29, 0.717) is 17.7 Å². The Morgan fingerprint density at radius 3 is 1.94 bits per heavy atom. The molecule has 0 saturated heterocycles. The fraction of sp³-hybridized carbons (Fsp3) is 0.519. The van der Waals surface area contributed by atoms with Crippen molar-refractivity contribution in [1.82, 2.24) is 10.6 Å². The van der Waals surface area contributed by atoms with Crippen LogP contribution in [0.15, 0.2) is 29.2 Å². The Balaban J connectivity index is 0. The van der Waals surface area contributed by atoms with Crippen LogP contribution in [0.3, 0.4) is 0 Å². The van der Waals surface area contributed by atoms with Crippen LogP contribution in [0.2, 0.25) is 34.3 Å². The number of carboxylic acids is 3. The number of thiol groups is 1. The first-order valence-corrected chi connectivity index (χ1v) is 34.7. The molecular formula is C27H44As3N3O10S4. The molecule has 7 N–H and O–H groups in total. The molecule has 20 heteroatoms. The van der Waals surface area contributed by atoms with Crippen LogP contribution < -0.4 is 16.4 Å². The Bertz CT molecular complexity index is 1200. The van der Waals surface area contributed by atoms with Crippen LogP contribution in [-0.4, -0.2) is 120 Å². The molecule has 1 aromatic rings. The van der Waals surface area contributed by atoms with E-state index in [1.807, 2.05) is 12.1 Å². The Labute approximate surface area is 305 Å². The van der Waals surface area contributed by atoms with Gasteiger partial charge < -0.3 is 0 Å². The normalized spacial score (nSPS) is 11.7. The molecule has 0 aliphatic rings. The van der Waals surface area contributed by atoms with Crippen LogP contribution in [0.5, 0.6) is 0 Å². The van der Waals surface area contributed by atoms with Crippen molar-refractivity contribution < 1.29 is 48.9 Å². The number of nitrogens with two attached hydrogens (primary N) is 1. The topological polar surface area (TPSA) is 230 Å². The molecule has 0 fully saturated rings. The molecule has 0 spiro atoms. The van der Waals surface area contributed by atoms with Crippen LogP contribution >= 0.6 is 42.7 Å². The number of carboxylic acid groups (broad SMARTS) is 3. The van der Waals surface area contributed by atoms with Crippen LogP contribution in [0.25, 0.3) is 0 Å². The third kappa shape index (κ3) is 28.5. The van der Waals surface area contributed by atoms with E-state index in [-0.39, 0.29) is 29.5 Å². The molecular weight excluding hydrogens is 879 g/mol. The quantitative estimate of drug-likeness (QED) is 0.0829. The van der Waals surface area contributed by atoms with Crippen molar-refractivity contribution >= 4 is 123 Å². The maximum absolute atomic E-state index is 11.9.